The molecule has 0 amide bonds. The third-order valence-corrected chi connectivity index (χ3v) is 6.00. The first kappa shape index (κ1) is 28.1. The van der Waals surface area contributed by atoms with E-state index in [4.69, 9.17) is 4.74 Å². The molecule has 0 rings (SSSR count). The van der Waals surface area contributed by atoms with Crippen LogP contribution >= 0.6 is 0 Å². The standard InChI is InChI=1S/C25H48O4/c1-5-6-7-8-9-10-11-12-13-14-15-16-17-18-19-20-23(27)25(3,4)24(28)21-29-22(2)26/h24,28H,5-21H2,1-4H3/t24-/m0/s1. The van der Waals surface area contributed by atoms with Crippen molar-refractivity contribution in [2.24, 2.45) is 5.41 Å². The number of esters is 1. The lowest BCUT2D eigenvalue weighted by atomic mass is 9.80. The Morgan fingerprint density at radius 2 is 1.14 bits per heavy atom. The second-order valence-electron chi connectivity index (χ2n) is 9.16. The molecular formula is C25H48O4. The maximum Gasteiger partial charge on any atom is 0.302 e. The van der Waals surface area contributed by atoms with E-state index >= 15 is 0 Å². The third-order valence-electron chi connectivity index (χ3n) is 6.00. The predicted octanol–water partition coefficient (Wildman–Crippen LogP) is 6.77. The number of rotatable bonds is 20. The molecule has 0 aliphatic heterocycles. The fraction of sp³-hybridized carbons (Fsp3) is 0.920. The molecule has 0 unspecified atom stereocenters. The summed E-state index contributed by atoms with van der Waals surface area (Å²) in [5.41, 5.74) is -0.870. The molecule has 0 aromatic carbocycles. The molecule has 0 bridgehead atoms. The van der Waals surface area contributed by atoms with E-state index in [1.807, 2.05) is 0 Å². The zero-order chi connectivity index (χ0) is 22.0. The van der Waals surface area contributed by atoms with Crippen molar-refractivity contribution in [2.45, 2.75) is 137 Å². The van der Waals surface area contributed by atoms with Gasteiger partial charge in [0.2, 0.25) is 0 Å². The van der Waals surface area contributed by atoms with Crippen LogP contribution in [0.1, 0.15) is 130 Å². The van der Waals surface area contributed by atoms with Gasteiger partial charge in [-0.1, -0.05) is 111 Å². The Morgan fingerprint density at radius 3 is 1.52 bits per heavy atom. The number of ketones is 1. The monoisotopic (exact) mass is 412 g/mol. The summed E-state index contributed by atoms with van der Waals surface area (Å²) >= 11 is 0. The molecule has 0 aromatic rings. The Bertz CT molecular complexity index is 417. The molecule has 0 heterocycles. The topological polar surface area (TPSA) is 63.6 Å². The number of aliphatic hydroxyl groups excluding tert-OH is 1. The number of Topliss-reactive ketones (excluding diaryl/α,β-unsaturated/α-hetero) is 1. The Hall–Kier alpha value is -0.900. The molecule has 0 saturated heterocycles. The zero-order valence-electron chi connectivity index (χ0n) is 19.8. The van der Waals surface area contributed by atoms with Gasteiger partial charge in [0.1, 0.15) is 18.5 Å². The Kier molecular flexibility index (Phi) is 17.4. The molecule has 0 aromatic heterocycles. The van der Waals surface area contributed by atoms with Gasteiger partial charge in [-0.3, -0.25) is 9.59 Å². The fourth-order valence-corrected chi connectivity index (χ4v) is 3.57. The number of carbonyl (C=O) groups excluding carboxylic acids is 2. The van der Waals surface area contributed by atoms with Crippen molar-refractivity contribution in [3.8, 4) is 0 Å². The lowest BCUT2D eigenvalue weighted by Gasteiger charge is -2.28. The molecule has 0 radical (unpaired) electrons. The first-order chi connectivity index (χ1) is 13.8. The lowest BCUT2D eigenvalue weighted by molar-refractivity contribution is -0.150. The van der Waals surface area contributed by atoms with E-state index in [2.05, 4.69) is 6.92 Å². The number of ether oxygens (including phenoxy) is 1. The van der Waals surface area contributed by atoms with Gasteiger partial charge in [-0.05, 0) is 6.42 Å². The highest BCUT2D eigenvalue weighted by Gasteiger charge is 2.35. The second-order valence-corrected chi connectivity index (χ2v) is 9.16. The van der Waals surface area contributed by atoms with Crippen LogP contribution in [0.15, 0.2) is 0 Å². The first-order valence-electron chi connectivity index (χ1n) is 12.2. The molecule has 0 spiro atoms. The van der Waals surface area contributed by atoms with Gasteiger partial charge < -0.3 is 9.84 Å². The molecule has 4 nitrogen and oxygen atoms in total. The predicted molar refractivity (Wildman–Crippen MR) is 121 cm³/mol. The summed E-state index contributed by atoms with van der Waals surface area (Å²) in [6.45, 7) is 6.91. The fourth-order valence-electron chi connectivity index (χ4n) is 3.57. The van der Waals surface area contributed by atoms with Crippen LogP contribution in [0.25, 0.3) is 0 Å². The van der Waals surface area contributed by atoms with Gasteiger partial charge >= 0.3 is 5.97 Å². The van der Waals surface area contributed by atoms with E-state index in [1.54, 1.807) is 13.8 Å². The third kappa shape index (κ3) is 15.6. The molecule has 4 heteroatoms. The van der Waals surface area contributed by atoms with Crippen molar-refractivity contribution >= 4 is 11.8 Å². The Labute approximate surface area is 180 Å². The van der Waals surface area contributed by atoms with Crippen LogP contribution in [0.3, 0.4) is 0 Å². The van der Waals surface area contributed by atoms with E-state index < -0.39 is 17.5 Å². The summed E-state index contributed by atoms with van der Waals surface area (Å²) in [6, 6.07) is 0. The Balaban J connectivity index is 3.53. The number of unbranched alkanes of at least 4 members (excludes halogenated alkanes) is 14. The summed E-state index contributed by atoms with van der Waals surface area (Å²) in [4.78, 5) is 23.2. The van der Waals surface area contributed by atoms with Crippen molar-refractivity contribution in [1.29, 1.82) is 0 Å². The molecule has 1 N–H and O–H groups in total. The largest absolute Gasteiger partial charge is 0.463 e. The zero-order valence-corrected chi connectivity index (χ0v) is 19.8. The van der Waals surface area contributed by atoms with Crippen LogP contribution in [0, 0.1) is 5.41 Å². The van der Waals surface area contributed by atoms with Crippen molar-refractivity contribution in [2.75, 3.05) is 6.61 Å². The van der Waals surface area contributed by atoms with Crippen molar-refractivity contribution < 1.29 is 19.4 Å². The number of carbonyl (C=O) groups is 2. The molecule has 29 heavy (non-hydrogen) atoms. The molecule has 0 aliphatic rings. The van der Waals surface area contributed by atoms with Crippen LogP contribution < -0.4 is 0 Å². The van der Waals surface area contributed by atoms with Crippen LogP contribution in [0.2, 0.25) is 0 Å². The van der Waals surface area contributed by atoms with Gasteiger partial charge in [-0.15, -0.1) is 0 Å². The van der Waals surface area contributed by atoms with Crippen molar-refractivity contribution in [1.82, 2.24) is 0 Å². The molecule has 0 aliphatic carbocycles. The number of hydrogen-bond donors (Lipinski definition) is 1. The minimum atomic E-state index is -0.949. The highest BCUT2D eigenvalue weighted by molar-refractivity contribution is 5.84. The molecule has 0 saturated carbocycles. The second kappa shape index (κ2) is 17.9. The number of aliphatic hydroxyl groups is 1. The van der Waals surface area contributed by atoms with Crippen LogP contribution in [-0.4, -0.2) is 29.6 Å². The smallest absolute Gasteiger partial charge is 0.302 e. The lowest BCUT2D eigenvalue weighted by Crippen LogP contribution is -2.40. The minimum Gasteiger partial charge on any atom is -0.463 e. The van der Waals surface area contributed by atoms with Gasteiger partial charge in [0.05, 0.1) is 5.41 Å². The van der Waals surface area contributed by atoms with Crippen LogP contribution in [0.5, 0.6) is 0 Å². The first-order valence-corrected chi connectivity index (χ1v) is 12.2. The van der Waals surface area contributed by atoms with Crippen LogP contribution in [-0.2, 0) is 14.3 Å². The van der Waals surface area contributed by atoms with Gasteiger partial charge in [0.15, 0.2) is 0 Å². The van der Waals surface area contributed by atoms with E-state index in [1.165, 1.54) is 90.4 Å². The normalized spacial score (nSPS) is 12.7. The summed E-state index contributed by atoms with van der Waals surface area (Å²) in [5.74, 6) is -0.387. The van der Waals surface area contributed by atoms with Gasteiger partial charge in [0, 0.05) is 13.3 Å². The average molecular weight is 413 g/mol. The molecule has 0 fully saturated rings. The summed E-state index contributed by atoms with van der Waals surface area (Å²) in [7, 11) is 0. The van der Waals surface area contributed by atoms with Crippen LogP contribution in [0.4, 0.5) is 0 Å². The van der Waals surface area contributed by atoms with Crippen molar-refractivity contribution in [3.05, 3.63) is 0 Å². The van der Waals surface area contributed by atoms with E-state index in [0.717, 1.165) is 12.8 Å². The number of hydrogen-bond acceptors (Lipinski definition) is 4. The molecule has 172 valence electrons. The Morgan fingerprint density at radius 1 is 0.759 bits per heavy atom. The average Bonchev–Trinajstić information content (AvgIpc) is 2.68. The van der Waals surface area contributed by atoms with E-state index in [0.29, 0.717) is 6.42 Å². The van der Waals surface area contributed by atoms with E-state index in [9.17, 15) is 14.7 Å². The van der Waals surface area contributed by atoms with Crippen molar-refractivity contribution in [3.63, 3.8) is 0 Å². The highest BCUT2D eigenvalue weighted by Crippen LogP contribution is 2.25. The SMILES string of the molecule is CCCCCCCCCCCCCCCCCC(=O)C(C)(C)[C@@H](O)COC(C)=O. The summed E-state index contributed by atoms with van der Waals surface area (Å²) in [5, 5.41) is 10.1. The molecular weight excluding hydrogens is 364 g/mol. The summed E-state index contributed by atoms with van der Waals surface area (Å²) < 4.78 is 4.83. The van der Waals surface area contributed by atoms with Gasteiger partial charge in [0.25, 0.3) is 0 Å². The highest BCUT2D eigenvalue weighted by atomic mass is 16.5. The maximum atomic E-state index is 12.4. The van der Waals surface area contributed by atoms with Gasteiger partial charge in [-0.25, -0.2) is 0 Å². The quantitative estimate of drug-likeness (QED) is 0.177. The van der Waals surface area contributed by atoms with E-state index in [-0.39, 0.29) is 12.4 Å². The molecule has 1 atom stereocenters. The summed E-state index contributed by atoms with van der Waals surface area (Å²) in [6.07, 6.45) is 19.1. The van der Waals surface area contributed by atoms with Gasteiger partial charge in [-0.2, -0.15) is 0 Å². The minimum absolute atomic E-state index is 0.0480. The maximum absolute atomic E-state index is 12.4.